The number of benzene rings is 2. The van der Waals surface area contributed by atoms with E-state index >= 15 is 0 Å². The van der Waals surface area contributed by atoms with Gasteiger partial charge in [-0.05, 0) is 35.9 Å². The van der Waals surface area contributed by atoms with Gasteiger partial charge in [-0.25, -0.2) is 5.01 Å². The van der Waals surface area contributed by atoms with Crippen LogP contribution in [0.5, 0.6) is 0 Å². The average Bonchev–Trinajstić information content (AvgIpc) is 3.50. The van der Waals surface area contributed by atoms with Gasteiger partial charge >= 0.3 is 6.18 Å². The summed E-state index contributed by atoms with van der Waals surface area (Å²) in [4.78, 5) is 12.9. The number of anilines is 1. The van der Waals surface area contributed by atoms with E-state index in [1.807, 2.05) is 6.07 Å². The second kappa shape index (κ2) is 9.74. The second-order valence-corrected chi connectivity index (χ2v) is 7.47. The molecule has 0 aliphatic rings. The van der Waals surface area contributed by atoms with Crippen molar-refractivity contribution in [1.82, 2.24) is 10.2 Å². The second-order valence-electron chi connectivity index (χ2n) is 6.55. The summed E-state index contributed by atoms with van der Waals surface area (Å²) < 4.78 is 50.2. The number of carbonyl (C=O) groups excluding carboxylic acids is 1. The fourth-order valence-corrected chi connectivity index (χ4v) is 3.31. The molecular weight excluding hydrogens is 457 g/mol. The van der Waals surface area contributed by atoms with Gasteiger partial charge < -0.3 is 8.83 Å². The molecule has 0 aliphatic carbocycles. The van der Waals surface area contributed by atoms with Crippen LogP contribution in [0.15, 0.2) is 92.2 Å². The van der Waals surface area contributed by atoms with Crippen molar-refractivity contribution in [3.8, 4) is 11.7 Å². The van der Waals surface area contributed by atoms with Crippen molar-refractivity contribution in [3.05, 3.63) is 84.1 Å². The van der Waals surface area contributed by atoms with Crippen LogP contribution in [0.25, 0.3) is 11.7 Å². The first-order valence-corrected chi connectivity index (χ1v) is 10.5. The highest BCUT2D eigenvalue weighted by Gasteiger charge is 2.31. The Morgan fingerprint density at radius 2 is 1.88 bits per heavy atom. The van der Waals surface area contributed by atoms with Crippen molar-refractivity contribution in [2.24, 2.45) is 5.10 Å². The number of hydrogen-bond acceptors (Lipinski definition) is 7. The SMILES string of the molecule is O=C(CSc1nnc(-c2ccco2)o1)N(/N=C/c1ccccc1)c1cccc(C(F)(F)F)c1. The monoisotopic (exact) mass is 472 g/mol. The molecule has 2 heterocycles. The number of carbonyl (C=O) groups is 1. The van der Waals surface area contributed by atoms with Crippen LogP contribution in [-0.2, 0) is 11.0 Å². The zero-order valence-electron chi connectivity index (χ0n) is 16.8. The Hall–Kier alpha value is -3.86. The van der Waals surface area contributed by atoms with Crippen LogP contribution in [0.2, 0.25) is 0 Å². The van der Waals surface area contributed by atoms with Crippen molar-refractivity contribution < 1.29 is 26.8 Å². The zero-order chi connectivity index (χ0) is 23.3. The van der Waals surface area contributed by atoms with Gasteiger partial charge in [0.1, 0.15) is 0 Å². The van der Waals surface area contributed by atoms with Gasteiger partial charge in [0.15, 0.2) is 5.76 Å². The van der Waals surface area contributed by atoms with Crippen molar-refractivity contribution in [2.75, 3.05) is 10.8 Å². The van der Waals surface area contributed by atoms with Crippen LogP contribution in [0.4, 0.5) is 18.9 Å². The Balaban J connectivity index is 1.55. The molecule has 4 rings (SSSR count). The third kappa shape index (κ3) is 5.69. The summed E-state index contributed by atoms with van der Waals surface area (Å²) >= 11 is 0.932. The van der Waals surface area contributed by atoms with E-state index in [-0.39, 0.29) is 22.6 Å². The number of halogens is 3. The molecule has 0 aliphatic heterocycles. The van der Waals surface area contributed by atoms with E-state index in [0.717, 1.165) is 28.9 Å². The van der Waals surface area contributed by atoms with Crippen molar-refractivity contribution >= 4 is 29.6 Å². The summed E-state index contributed by atoms with van der Waals surface area (Å²) in [5.74, 6) is -0.267. The zero-order valence-corrected chi connectivity index (χ0v) is 17.6. The quantitative estimate of drug-likeness (QED) is 0.200. The van der Waals surface area contributed by atoms with Gasteiger partial charge in [0, 0.05) is 0 Å². The van der Waals surface area contributed by atoms with E-state index in [1.165, 1.54) is 24.6 Å². The minimum Gasteiger partial charge on any atom is -0.459 e. The van der Waals surface area contributed by atoms with E-state index in [1.54, 1.807) is 36.4 Å². The minimum absolute atomic E-state index is 0.0237. The number of furan rings is 1. The summed E-state index contributed by atoms with van der Waals surface area (Å²) in [6.07, 6.45) is -1.72. The average molecular weight is 472 g/mol. The predicted molar refractivity (Wildman–Crippen MR) is 116 cm³/mol. The van der Waals surface area contributed by atoms with Gasteiger partial charge in [0.25, 0.3) is 17.0 Å². The van der Waals surface area contributed by atoms with Gasteiger partial charge in [-0.1, -0.05) is 48.2 Å². The Morgan fingerprint density at radius 3 is 2.61 bits per heavy atom. The van der Waals surface area contributed by atoms with Crippen LogP contribution in [0, 0.1) is 0 Å². The summed E-state index contributed by atoms with van der Waals surface area (Å²) in [6, 6.07) is 16.6. The Labute approximate surface area is 189 Å². The van der Waals surface area contributed by atoms with Crippen molar-refractivity contribution in [1.29, 1.82) is 0 Å². The van der Waals surface area contributed by atoms with Gasteiger partial charge in [0.2, 0.25) is 0 Å². The fraction of sp³-hybridized carbons (Fsp3) is 0.0909. The molecule has 168 valence electrons. The number of nitrogens with zero attached hydrogens (tertiary/aromatic N) is 4. The summed E-state index contributed by atoms with van der Waals surface area (Å²) in [6.45, 7) is 0. The summed E-state index contributed by atoms with van der Waals surface area (Å²) in [5.41, 5.74) is -0.236. The topological polar surface area (TPSA) is 84.7 Å². The number of aromatic nitrogens is 2. The molecule has 0 N–H and O–H groups in total. The molecule has 7 nitrogen and oxygen atoms in total. The highest BCUT2D eigenvalue weighted by atomic mass is 32.2. The first kappa shape index (κ1) is 22.3. The van der Waals surface area contributed by atoms with Crippen LogP contribution in [-0.4, -0.2) is 28.1 Å². The maximum atomic E-state index is 13.2. The Kier molecular flexibility index (Phi) is 6.59. The van der Waals surface area contributed by atoms with Crippen LogP contribution in [0.1, 0.15) is 11.1 Å². The van der Waals surface area contributed by atoms with Crippen molar-refractivity contribution in [2.45, 2.75) is 11.4 Å². The van der Waals surface area contributed by atoms with E-state index in [2.05, 4.69) is 15.3 Å². The fourth-order valence-electron chi connectivity index (χ4n) is 2.71. The molecule has 2 aromatic heterocycles. The third-order valence-corrected chi connectivity index (χ3v) is 5.04. The summed E-state index contributed by atoms with van der Waals surface area (Å²) in [5, 5.41) is 12.8. The predicted octanol–water partition coefficient (Wildman–Crippen LogP) is 5.51. The van der Waals surface area contributed by atoms with E-state index in [9.17, 15) is 18.0 Å². The lowest BCUT2D eigenvalue weighted by Crippen LogP contribution is -2.27. The smallest absolute Gasteiger partial charge is 0.416 e. The number of hydrazone groups is 1. The number of alkyl halides is 3. The highest BCUT2D eigenvalue weighted by Crippen LogP contribution is 2.32. The molecule has 11 heteroatoms. The molecule has 0 radical (unpaired) electrons. The molecule has 0 saturated carbocycles. The van der Waals surface area contributed by atoms with E-state index in [4.69, 9.17) is 8.83 Å². The Bertz CT molecular complexity index is 1240. The van der Waals surface area contributed by atoms with Gasteiger partial charge in [-0.2, -0.15) is 18.3 Å². The van der Waals surface area contributed by atoms with Gasteiger partial charge in [0.05, 0.1) is 29.5 Å². The van der Waals surface area contributed by atoms with Crippen LogP contribution in [0.3, 0.4) is 0 Å². The van der Waals surface area contributed by atoms with E-state index < -0.39 is 17.6 Å². The van der Waals surface area contributed by atoms with Crippen molar-refractivity contribution in [3.63, 3.8) is 0 Å². The molecule has 0 bridgehead atoms. The molecule has 1 amide bonds. The van der Waals surface area contributed by atoms with Crippen LogP contribution < -0.4 is 5.01 Å². The maximum absolute atomic E-state index is 13.2. The lowest BCUT2D eigenvalue weighted by Gasteiger charge is -2.18. The normalized spacial score (nSPS) is 11.7. The lowest BCUT2D eigenvalue weighted by molar-refractivity contribution is -0.137. The molecular formula is C22H15F3N4O3S. The molecule has 0 atom stereocenters. The number of rotatable bonds is 7. The number of amides is 1. The Morgan fingerprint density at radius 1 is 1.06 bits per heavy atom. The van der Waals surface area contributed by atoms with Gasteiger partial charge in [-0.15, -0.1) is 10.2 Å². The molecule has 0 spiro atoms. The standard InChI is InChI=1S/C22H15F3N4O3S/c23-22(24,25)16-8-4-9-17(12-16)29(26-13-15-6-2-1-3-7-15)19(30)14-33-21-28-27-20(32-21)18-10-5-11-31-18/h1-13H,14H2/b26-13+. The van der Waals surface area contributed by atoms with Crippen LogP contribution >= 0.6 is 11.8 Å². The maximum Gasteiger partial charge on any atom is 0.416 e. The highest BCUT2D eigenvalue weighted by molar-refractivity contribution is 7.99. The first-order valence-electron chi connectivity index (χ1n) is 9.49. The number of hydrogen-bond donors (Lipinski definition) is 0. The molecule has 0 unspecified atom stereocenters. The molecule has 2 aromatic carbocycles. The lowest BCUT2D eigenvalue weighted by atomic mass is 10.2. The van der Waals surface area contributed by atoms with Gasteiger partial charge in [-0.3, -0.25) is 4.79 Å². The van der Waals surface area contributed by atoms with E-state index in [0.29, 0.717) is 11.3 Å². The molecule has 0 fully saturated rings. The number of thioether (sulfide) groups is 1. The first-order chi connectivity index (χ1) is 15.9. The molecule has 33 heavy (non-hydrogen) atoms. The molecule has 0 saturated heterocycles. The minimum atomic E-state index is -4.56. The largest absolute Gasteiger partial charge is 0.459 e. The third-order valence-electron chi connectivity index (χ3n) is 4.23. The summed E-state index contributed by atoms with van der Waals surface area (Å²) in [7, 11) is 0. The molecule has 4 aromatic rings.